The first-order valence-corrected chi connectivity index (χ1v) is 6.67. The second-order valence-corrected chi connectivity index (χ2v) is 5.16. The van der Waals surface area contributed by atoms with Crippen LogP contribution in [0.25, 0.3) is 0 Å². The van der Waals surface area contributed by atoms with Gasteiger partial charge in [0.15, 0.2) is 0 Å². The smallest absolute Gasteiger partial charge is 0.0208 e. The van der Waals surface area contributed by atoms with E-state index in [1.54, 1.807) is 0 Å². The van der Waals surface area contributed by atoms with Gasteiger partial charge in [0.1, 0.15) is 0 Å². The predicted octanol–water partition coefficient (Wildman–Crippen LogP) is 3.42. The van der Waals surface area contributed by atoms with Crippen LogP contribution >= 0.6 is 0 Å². The Bertz CT molecular complexity index is 545. The van der Waals surface area contributed by atoms with Crippen molar-refractivity contribution in [1.29, 1.82) is 0 Å². The predicted molar refractivity (Wildman–Crippen MR) is 75.8 cm³/mol. The van der Waals surface area contributed by atoms with E-state index in [2.05, 4.69) is 60.8 Å². The van der Waals surface area contributed by atoms with Crippen LogP contribution in [0.4, 0.5) is 0 Å². The van der Waals surface area contributed by atoms with Crippen LogP contribution in [-0.4, -0.2) is 6.54 Å². The highest BCUT2D eigenvalue weighted by atomic mass is 14.9. The zero-order valence-electron chi connectivity index (χ0n) is 10.8. The maximum Gasteiger partial charge on any atom is 0.0208 e. The fourth-order valence-corrected chi connectivity index (χ4v) is 2.73. The zero-order valence-corrected chi connectivity index (χ0v) is 10.8. The molecule has 1 atom stereocenters. The van der Waals surface area contributed by atoms with Crippen molar-refractivity contribution in [3.8, 4) is 0 Å². The lowest BCUT2D eigenvalue weighted by Crippen LogP contribution is -2.28. The summed E-state index contributed by atoms with van der Waals surface area (Å²) in [6.07, 6.45) is 1.23. The fourth-order valence-electron chi connectivity index (χ4n) is 2.73. The number of benzene rings is 2. The van der Waals surface area contributed by atoms with E-state index >= 15 is 0 Å². The molecule has 0 saturated heterocycles. The molecule has 0 spiro atoms. The Kier molecular flexibility index (Phi) is 3.16. The van der Waals surface area contributed by atoms with Crippen LogP contribution in [0.5, 0.6) is 0 Å². The average molecular weight is 237 g/mol. The van der Waals surface area contributed by atoms with Crippen molar-refractivity contribution in [2.24, 2.45) is 0 Å². The highest BCUT2D eigenvalue weighted by Crippen LogP contribution is 2.34. The summed E-state index contributed by atoms with van der Waals surface area (Å²) in [6.45, 7) is 4.24. The molecule has 0 heterocycles. The monoisotopic (exact) mass is 237 g/mol. The first-order valence-electron chi connectivity index (χ1n) is 6.67. The van der Waals surface area contributed by atoms with Crippen LogP contribution < -0.4 is 5.32 Å². The lowest BCUT2D eigenvalue weighted by atomic mass is 9.77. The van der Waals surface area contributed by atoms with Crippen molar-refractivity contribution in [3.05, 3.63) is 70.8 Å². The second kappa shape index (κ2) is 4.95. The van der Waals surface area contributed by atoms with Gasteiger partial charge in [-0.2, -0.15) is 0 Å². The molecule has 0 saturated carbocycles. The van der Waals surface area contributed by atoms with Gasteiger partial charge in [0.2, 0.25) is 0 Å². The summed E-state index contributed by atoms with van der Waals surface area (Å²) in [7, 11) is 0. The Balaban J connectivity index is 1.54. The third-order valence-corrected chi connectivity index (χ3v) is 3.93. The molecule has 2 aromatic rings. The van der Waals surface area contributed by atoms with E-state index in [1.165, 1.54) is 28.7 Å². The molecule has 1 unspecified atom stereocenters. The maximum absolute atomic E-state index is 3.59. The standard InChI is InChI=1S/C17H19N/c1-13-6-2-3-8-15(13)11-18-12-16-10-14-7-4-5-9-17(14)16/h2-9,16,18H,10-12H2,1H3. The van der Waals surface area contributed by atoms with E-state index in [9.17, 15) is 0 Å². The second-order valence-electron chi connectivity index (χ2n) is 5.16. The number of fused-ring (bicyclic) bond motifs is 1. The minimum atomic E-state index is 0.713. The van der Waals surface area contributed by atoms with Gasteiger partial charge in [-0.15, -0.1) is 0 Å². The van der Waals surface area contributed by atoms with Crippen molar-refractivity contribution in [3.63, 3.8) is 0 Å². The molecule has 1 aliphatic carbocycles. The van der Waals surface area contributed by atoms with Gasteiger partial charge in [-0.1, -0.05) is 48.5 Å². The van der Waals surface area contributed by atoms with Gasteiger partial charge >= 0.3 is 0 Å². The summed E-state index contributed by atoms with van der Waals surface area (Å²) in [5.41, 5.74) is 5.85. The molecule has 1 aliphatic rings. The van der Waals surface area contributed by atoms with Crippen LogP contribution in [0, 0.1) is 6.92 Å². The van der Waals surface area contributed by atoms with E-state index in [-0.39, 0.29) is 0 Å². The SMILES string of the molecule is Cc1ccccc1CNCC1Cc2ccccc21. The van der Waals surface area contributed by atoms with Crippen LogP contribution in [0.2, 0.25) is 0 Å². The van der Waals surface area contributed by atoms with Crippen LogP contribution in [0.1, 0.15) is 28.2 Å². The van der Waals surface area contributed by atoms with Gasteiger partial charge in [0.05, 0.1) is 0 Å². The highest BCUT2D eigenvalue weighted by molar-refractivity contribution is 5.40. The quantitative estimate of drug-likeness (QED) is 0.859. The molecule has 92 valence electrons. The topological polar surface area (TPSA) is 12.0 Å². The molecule has 1 N–H and O–H groups in total. The molecule has 3 rings (SSSR count). The van der Waals surface area contributed by atoms with E-state index in [0.29, 0.717) is 5.92 Å². The lowest BCUT2D eigenvalue weighted by Gasteiger charge is -2.30. The normalized spacial score (nSPS) is 17.1. The molecule has 0 amide bonds. The molecular weight excluding hydrogens is 218 g/mol. The Morgan fingerprint density at radius 3 is 2.67 bits per heavy atom. The molecule has 1 heteroatoms. The third kappa shape index (κ3) is 2.19. The first-order chi connectivity index (χ1) is 8.84. The molecule has 0 radical (unpaired) electrons. The molecule has 0 fully saturated rings. The summed E-state index contributed by atoms with van der Waals surface area (Å²) >= 11 is 0. The molecule has 18 heavy (non-hydrogen) atoms. The van der Waals surface area contributed by atoms with Crippen molar-refractivity contribution in [1.82, 2.24) is 5.32 Å². The molecule has 1 nitrogen and oxygen atoms in total. The Morgan fingerprint density at radius 2 is 1.83 bits per heavy atom. The minimum Gasteiger partial charge on any atom is -0.312 e. The molecule has 2 aromatic carbocycles. The number of hydrogen-bond acceptors (Lipinski definition) is 1. The van der Waals surface area contributed by atoms with Gasteiger partial charge < -0.3 is 5.32 Å². The third-order valence-electron chi connectivity index (χ3n) is 3.93. The first kappa shape index (κ1) is 11.5. The largest absolute Gasteiger partial charge is 0.312 e. The van der Waals surface area contributed by atoms with Gasteiger partial charge in [-0.3, -0.25) is 0 Å². The van der Waals surface area contributed by atoms with E-state index in [1.807, 2.05) is 0 Å². The van der Waals surface area contributed by atoms with Crippen LogP contribution in [0.3, 0.4) is 0 Å². The van der Waals surface area contributed by atoms with Crippen molar-refractivity contribution >= 4 is 0 Å². The Labute approximate surface area is 109 Å². The summed E-state index contributed by atoms with van der Waals surface area (Å²) in [4.78, 5) is 0. The number of hydrogen-bond donors (Lipinski definition) is 1. The highest BCUT2D eigenvalue weighted by Gasteiger charge is 2.24. The summed E-state index contributed by atoms with van der Waals surface area (Å²) in [5, 5.41) is 3.59. The zero-order chi connectivity index (χ0) is 12.4. The summed E-state index contributed by atoms with van der Waals surface area (Å²) in [5.74, 6) is 0.713. The number of aryl methyl sites for hydroxylation is 1. The van der Waals surface area contributed by atoms with Gasteiger partial charge in [-0.25, -0.2) is 0 Å². The molecular formula is C17H19N. The van der Waals surface area contributed by atoms with Gasteiger partial charge in [-0.05, 0) is 35.6 Å². The minimum absolute atomic E-state index is 0.713. The number of nitrogens with one attached hydrogen (secondary N) is 1. The molecule has 0 aliphatic heterocycles. The Hall–Kier alpha value is -1.60. The maximum atomic E-state index is 3.59. The van der Waals surface area contributed by atoms with Crippen molar-refractivity contribution < 1.29 is 0 Å². The van der Waals surface area contributed by atoms with Gasteiger partial charge in [0, 0.05) is 19.0 Å². The van der Waals surface area contributed by atoms with Crippen molar-refractivity contribution in [2.75, 3.05) is 6.54 Å². The van der Waals surface area contributed by atoms with Gasteiger partial charge in [0.25, 0.3) is 0 Å². The van der Waals surface area contributed by atoms with Crippen LogP contribution in [0.15, 0.2) is 48.5 Å². The summed E-state index contributed by atoms with van der Waals surface area (Å²) < 4.78 is 0. The average Bonchev–Trinajstić information content (AvgIpc) is 2.37. The molecule has 0 bridgehead atoms. The summed E-state index contributed by atoms with van der Waals surface area (Å²) in [6, 6.07) is 17.4. The van der Waals surface area contributed by atoms with E-state index in [4.69, 9.17) is 0 Å². The fraction of sp³-hybridized carbons (Fsp3) is 0.294. The van der Waals surface area contributed by atoms with E-state index < -0.39 is 0 Å². The van der Waals surface area contributed by atoms with Crippen LogP contribution in [-0.2, 0) is 13.0 Å². The molecule has 0 aromatic heterocycles. The van der Waals surface area contributed by atoms with E-state index in [0.717, 1.165) is 13.1 Å². The van der Waals surface area contributed by atoms with Crippen molar-refractivity contribution in [2.45, 2.75) is 25.8 Å². The Morgan fingerprint density at radius 1 is 1.06 bits per heavy atom. The lowest BCUT2D eigenvalue weighted by molar-refractivity contribution is 0.535. The number of rotatable bonds is 4.